The van der Waals surface area contributed by atoms with E-state index in [0.29, 0.717) is 34.8 Å². The summed E-state index contributed by atoms with van der Waals surface area (Å²) in [5.74, 6) is 0.819. The van der Waals surface area contributed by atoms with Crippen molar-refractivity contribution in [2.24, 2.45) is 11.3 Å². The molecule has 2 fully saturated rings. The van der Waals surface area contributed by atoms with Crippen LogP contribution in [0.5, 0.6) is 0 Å². The second-order valence-electron chi connectivity index (χ2n) is 9.37. The second kappa shape index (κ2) is 7.74. The van der Waals surface area contributed by atoms with Crippen LogP contribution in [0.15, 0.2) is 54.7 Å². The van der Waals surface area contributed by atoms with Crippen LogP contribution in [0.1, 0.15) is 54.9 Å². The molecule has 2 aromatic carbocycles. The van der Waals surface area contributed by atoms with Gasteiger partial charge in [0.05, 0.1) is 17.0 Å². The van der Waals surface area contributed by atoms with Crippen molar-refractivity contribution in [3.8, 4) is 0 Å². The Labute approximate surface area is 181 Å². The predicted molar refractivity (Wildman–Crippen MR) is 118 cm³/mol. The summed E-state index contributed by atoms with van der Waals surface area (Å²) in [7, 11) is 0. The van der Waals surface area contributed by atoms with Gasteiger partial charge in [-0.25, -0.2) is 0 Å². The molecule has 2 aliphatic rings. The molecule has 3 nitrogen and oxygen atoms in total. The summed E-state index contributed by atoms with van der Waals surface area (Å²) < 4.78 is 38.5. The molecule has 0 saturated heterocycles. The number of halogens is 3. The highest BCUT2D eigenvalue weighted by molar-refractivity contribution is 6.14. The highest BCUT2D eigenvalue weighted by Crippen LogP contribution is 2.58. The first-order chi connectivity index (χ1) is 14.6. The summed E-state index contributed by atoms with van der Waals surface area (Å²) in [5, 5.41) is 12.1. The number of nitrogens with one attached hydrogen (secondary N) is 2. The van der Waals surface area contributed by atoms with Gasteiger partial charge in [0.2, 0.25) is 0 Å². The fourth-order valence-electron chi connectivity index (χ4n) is 5.41. The molecule has 0 unspecified atom stereocenters. The largest absolute Gasteiger partial charge is 0.416 e. The van der Waals surface area contributed by atoms with Crippen molar-refractivity contribution in [2.75, 3.05) is 5.73 Å². The standard InChI is InChI=1S/C25H28F3N3/c1-15-11-24(12-15)13-20(14-24)31-16(2)23(30)22-18(4-3-5-21(22)29)10-17-6-8-19(9-7-17)25(26,27)28/h3-9,15,20,30-31H,2,10-14,29H2,1H3. The van der Waals surface area contributed by atoms with Crippen molar-refractivity contribution in [3.05, 3.63) is 77.0 Å². The monoisotopic (exact) mass is 427 g/mol. The number of hydrogen-bond donors (Lipinski definition) is 3. The van der Waals surface area contributed by atoms with E-state index in [0.717, 1.165) is 42.0 Å². The highest BCUT2D eigenvalue weighted by atomic mass is 19.4. The van der Waals surface area contributed by atoms with Gasteiger partial charge in [0, 0.05) is 17.3 Å². The van der Waals surface area contributed by atoms with Crippen LogP contribution in [0.3, 0.4) is 0 Å². The van der Waals surface area contributed by atoms with Crippen LogP contribution in [0.4, 0.5) is 18.9 Å². The zero-order valence-corrected chi connectivity index (χ0v) is 17.7. The van der Waals surface area contributed by atoms with Gasteiger partial charge < -0.3 is 11.1 Å². The summed E-state index contributed by atoms with van der Waals surface area (Å²) in [6, 6.07) is 10.8. The van der Waals surface area contributed by atoms with E-state index in [1.807, 2.05) is 6.07 Å². The minimum absolute atomic E-state index is 0.239. The van der Waals surface area contributed by atoms with Crippen LogP contribution >= 0.6 is 0 Å². The third-order valence-electron chi connectivity index (χ3n) is 6.71. The summed E-state index contributed by atoms with van der Waals surface area (Å²) in [5.41, 5.74) is 9.39. The normalized spacial score (nSPS) is 24.9. The molecule has 2 aromatic rings. The number of hydrogen-bond acceptors (Lipinski definition) is 3. The molecule has 1 spiro atoms. The van der Waals surface area contributed by atoms with Gasteiger partial charge in [0.15, 0.2) is 0 Å². The molecule has 0 heterocycles. The Hall–Kier alpha value is -2.76. The van der Waals surface area contributed by atoms with Crippen LogP contribution in [0, 0.1) is 16.7 Å². The molecule has 0 bridgehead atoms. The van der Waals surface area contributed by atoms with E-state index >= 15 is 0 Å². The Balaban J connectivity index is 1.46. The van der Waals surface area contributed by atoms with E-state index in [4.69, 9.17) is 11.1 Å². The summed E-state index contributed by atoms with van der Waals surface area (Å²) >= 11 is 0. The van der Waals surface area contributed by atoms with Gasteiger partial charge in [-0.3, -0.25) is 5.41 Å². The quantitative estimate of drug-likeness (QED) is 0.395. The molecule has 2 saturated carbocycles. The number of rotatable bonds is 6. The Morgan fingerprint density at radius 2 is 1.77 bits per heavy atom. The van der Waals surface area contributed by atoms with Gasteiger partial charge in [0.25, 0.3) is 0 Å². The second-order valence-corrected chi connectivity index (χ2v) is 9.37. The lowest BCUT2D eigenvalue weighted by molar-refractivity contribution is -0.137. The molecule has 2 aliphatic carbocycles. The molecule has 31 heavy (non-hydrogen) atoms. The Bertz CT molecular complexity index is 994. The number of nitrogen functional groups attached to an aromatic ring is 1. The molecule has 0 amide bonds. The smallest absolute Gasteiger partial charge is 0.398 e. The maximum Gasteiger partial charge on any atom is 0.416 e. The lowest BCUT2D eigenvalue weighted by atomic mass is 9.50. The molecular formula is C25H28F3N3. The van der Waals surface area contributed by atoms with Gasteiger partial charge in [-0.05, 0) is 72.8 Å². The first-order valence-electron chi connectivity index (χ1n) is 10.6. The molecule has 0 radical (unpaired) electrons. The number of allylic oxidation sites excluding steroid dienone is 1. The van der Waals surface area contributed by atoms with E-state index < -0.39 is 11.7 Å². The van der Waals surface area contributed by atoms with Crippen LogP contribution in [0.2, 0.25) is 0 Å². The van der Waals surface area contributed by atoms with Gasteiger partial charge in [-0.1, -0.05) is 37.8 Å². The van der Waals surface area contributed by atoms with Gasteiger partial charge in [-0.15, -0.1) is 0 Å². The van der Waals surface area contributed by atoms with Crippen molar-refractivity contribution in [1.82, 2.24) is 5.32 Å². The maximum atomic E-state index is 12.8. The van der Waals surface area contributed by atoms with Crippen LogP contribution in [0.25, 0.3) is 0 Å². The Morgan fingerprint density at radius 1 is 1.13 bits per heavy atom. The fraction of sp³-hybridized carbons (Fsp3) is 0.400. The van der Waals surface area contributed by atoms with E-state index in [-0.39, 0.29) is 5.71 Å². The fourth-order valence-corrected chi connectivity index (χ4v) is 5.41. The first kappa shape index (κ1) is 21.5. The van der Waals surface area contributed by atoms with Gasteiger partial charge >= 0.3 is 6.18 Å². The van der Waals surface area contributed by atoms with Crippen molar-refractivity contribution in [1.29, 1.82) is 5.41 Å². The number of anilines is 1. The summed E-state index contributed by atoms with van der Waals surface area (Å²) in [6.45, 7) is 6.36. The van der Waals surface area contributed by atoms with Crippen molar-refractivity contribution in [2.45, 2.75) is 51.2 Å². The molecule has 0 atom stereocenters. The zero-order valence-electron chi connectivity index (χ0n) is 17.7. The zero-order chi connectivity index (χ0) is 22.4. The van der Waals surface area contributed by atoms with Gasteiger partial charge in [-0.2, -0.15) is 13.2 Å². The number of benzene rings is 2. The molecule has 0 aliphatic heterocycles. The maximum absolute atomic E-state index is 12.8. The lowest BCUT2D eigenvalue weighted by Crippen LogP contribution is -2.54. The van der Waals surface area contributed by atoms with E-state index in [9.17, 15) is 13.2 Å². The average Bonchev–Trinajstić information content (AvgIpc) is 2.64. The van der Waals surface area contributed by atoms with Crippen molar-refractivity contribution >= 4 is 11.4 Å². The molecule has 0 aromatic heterocycles. The molecule has 6 heteroatoms. The Kier molecular flexibility index (Phi) is 5.36. The van der Waals surface area contributed by atoms with Crippen molar-refractivity contribution in [3.63, 3.8) is 0 Å². The lowest BCUT2D eigenvalue weighted by Gasteiger charge is -2.57. The molecular weight excluding hydrogens is 399 g/mol. The average molecular weight is 428 g/mol. The van der Waals surface area contributed by atoms with E-state index in [1.165, 1.54) is 25.0 Å². The Morgan fingerprint density at radius 3 is 2.35 bits per heavy atom. The van der Waals surface area contributed by atoms with Crippen LogP contribution < -0.4 is 11.1 Å². The van der Waals surface area contributed by atoms with Gasteiger partial charge in [0.1, 0.15) is 0 Å². The van der Waals surface area contributed by atoms with Crippen LogP contribution in [-0.2, 0) is 12.6 Å². The van der Waals surface area contributed by atoms with E-state index in [1.54, 1.807) is 12.1 Å². The highest BCUT2D eigenvalue weighted by Gasteiger charge is 2.51. The SMILES string of the molecule is C=C(NC1CC2(CC(C)C2)C1)C(=N)c1c(N)cccc1Cc1ccc(C(F)(F)F)cc1. The topological polar surface area (TPSA) is 61.9 Å². The number of alkyl halides is 3. The third-order valence-corrected chi connectivity index (χ3v) is 6.71. The first-order valence-corrected chi connectivity index (χ1v) is 10.6. The third kappa shape index (κ3) is 4.34. The molecule has 164 valence electrons. The van der Waals surface area contributed by atoms with Crippen LogP contribution in [-0.4, -0.2) is 11.8 Å². The van der Waals surface area contributed by atoms with Crippen molar-refractivity contribution < 1.29 is 13.2 Å². The summed E-state index contributed by atoms with van der Waals surface area (Å²) in [4.78, 5) is 0. The summed E-state index contributed by atoms with van der Waals surface area (Å²) in [6.07, 6.45) is 0.845. The molecule has 4 N–H and O–H groups in total. The minimum Gasteiger partial charge on any atom is -0.398 e. The molecule has 4 rings (SSSR count). The minimum atomic E-state index is -4.36. The predicted octanol–water partition coefficient (Wildman–Crippen LogP) is 5.93. The van der Waals surface area contributed by atoms with E-state index in [2.05, 4.69) is 18.8 Å². The number of nitrogens with two attached hydrogens (primary N) is 1.